The molecule has 15 heavy (non-hydrogen) atoms. The van der Waals surface area contributed by atoms with E-state index in [-0.39, 0.29) is 5.60 Å². The van der Waals surface area contributed by atoms with Crippen molar-refractivity contribution >= 4 is 0 Å². The Morgan fingerprint density at radius 2 is 2.20 bits per heavy atom. The summed E-state index contributed by atoms with van der Waals surface area (Å²) in [5.41, 5.74) is 2.80. The van der Waals surface area contributed by atoms with Crippen LogP contribution in [0.3, 0.4) is 0 Å². The van der Waals surface area contributed by atoms with Crippen molar-refractivity contribution in [3.05, 3.63) is 18.4 Å². The van der Waals surface area contributed by atoms with E-state index in [2.05, 4.69) is 19.2 Å². The number of ether oxygens (including phenoxy) is 2. The van der Waals surface area contributed by atoms with Crippen molar-refractivity contribution in [2.75, 3.05) is 13.2 Å². The highest BCUT2D eigenvalue weighted by molar-refractivity contribution is 5.03. The summed E-state index contributed by atoms with van der Waals surface area (Å²) in [6.45, 7) is 7.57. The lowest BCUT2D eigenvalue weighted by atomic mass is 9.79. The van der Waals surface area contributed by atoms with Crippen molar-refractivity contribution in [1.82, 2.24) is 0 Å². The van der Waals surface area contributed by atoms with Crippen LogP contribution in [-0.4, -0.2) is 24.9 Å². The summed E-state index contributed by atoms with van der Waals surface area (Å²) < 4.78 is 11.2. The van der Waals surface area contributed by atoms with Gasteiger partial charge >= 0.3 is 0 Å². The van der Waals surface area contributed by atoms with Gasteiger partial charge < -0.3 is 9.47 Å². The molecule has 2 nitrogen and oxygen atoms in total. The minimum atomic E-state index is -0.0970. The molecule has 0 amide bonds. The van der Waals surface area contributed by atoms with Gasteiger partial charge in [-0.15, -0.1) is 5.73 Å². The molecule has 0 bridgehead atoms. The van der Waals surface area contributed by atoms with Crippen molar-refractivity contribution < 1.29 is 9.47 Å². The Morgan fingerprint density at radius 1 is 1.53 bits per heavy atom. The number of hydrogen-bond donors (Lipinski definition) is 0. The molecule has 1 aliphatic heterocycles. The number of epoxide rings is 1. The van der Waals surface area contributed by atoms with Gasteiger partial charge in [-0.25, -0.2) is 0 Å². The van der Waals surface area contributed by atoms with E-state index < -0.39 is 0 Å². The summed E-state index contributed by atoms with van der Waals surface area (Å²) in [6, 6.07) is 0. The van der Waals surface area contributed by atoms with Gasteiger partial charge in [0.2, 0.25) is 0 Å². The summed E-state index contributed by atoms with van der Waals surface area (Å²) in [6.07, 6.45) is 7.04. The minimum Gasteiger partial charge on any atom is -0.371 e. The Hall–Kier alpha value is -0.560. The van der Waals surface area contributed by atoms with Gasteiger partial charge in [0.15, 0.2) is 0 Å². The second-order valence-corrected chi connectivity index (χ2v) is 4.86. The van der Waals surface area contributed by atoms with Crippen LogP contribution in [-0.2, 0) is 9.47 Å². The molecule has 0 aromatic heterocycles. The van der Waals surface area contributed by atoms with E-state index in [1.165, 1.54) is 12.8 Å². The van der Waals surface area contributed by atoms with E-state index in [0.717, 1.165) is 32.0 Å². The normalized spacial score (nSPS) is 39.5. The zero-order valence-corrected chi connectivity index (χ0v) is 9.50. The quantitative estimate of drug-likeness (QED) is 0.523. The van der Waals surface area contributed by atoms with Gasteiger partial charge in [0.25, 0.3) is 0 Å². The van der Waals surface area contributed by atoms with Crippen LogP contribution < -0.4 is 0 Å². The van der Waals surface area contributed by atoms with Crippen LogP contribution >= 0.6 is 0 Å². The molecule has 1 saturated carbocycles. The van der Waals surface area contributed by atoms with Crippen molar-refractivity contribution in [3.63, 3.8) is 0 Å². The van der Waals surface area contributed by atoms with E-state index in [9.17, 15) is 0 Å². The molecule has 1 aliphatic carbocycles. The number of rotatable bonds is 4. The highest BCUT2D eigenvalue weighted by Gasteiger charge is 2.35. The van der Waals surface area contributed by atoms with E-state index in [1.807, 2.05) is 6.08 Å². The Kier molecular flexibility index (Phi) is 3.30. The molecule has 2 fully saturated rings. The molecular weight excluding hydrogens is 188 g/mol. The monoisotopic (exact) mass is 208 g/mol. The van der Waals surface area contributed by atoms with Crippen molar-refractivity contribution in [2.45, 2.75) is 44.3 Å². The van der Waals surface area contributed by atoms with Crippen LogP contribution in [0.4, 0.5) is 0 Å². The molecule has 0 aromatic rings. The fourth-order valence-electron chi connectivity index (χ4n) is 2.19. The molecule has 0 spiro atoms. The SMILES string of the molecule is C=C=CC1(OCC2CO2)CCC(C)CC1. The second-order valence-electron chi connectivity index (χ2n) is 4.86. The zero-order valence-electron chi connectivity index (χ0n) is 9.50. The summed E-state index contributed by atoms with van der Waals surface area (Å²) >= 11 is 0. The number of hydrogen-bond acceptors (Lipinski definition) is 2. The molecule has 2 rings (SSSR count). The molecule has 84 valence electrons. The third-order valence-corrected chi connectivity index (χ3v) is 3.44. The molecule has 1 heterocycles. The fraction of sp³-hybridized carbons (Fsp3) is 0.769. The third kappa shape index (κ3) is 2.94. The maximum Gasteiger partial charge on any atom is 0.104 e. The van der Waals surface area contributed by atoms with Crippen LogP contribution in [0.25, 0.3) is 0 Å². The Labute approximate surface area is 92.0 Å². The highest BCUT2D eigenvalue weighted by Crippen LogP contribution is 2.36. The molecule has 0 radical (unpaired) electrons. The largest absolute Gasteiger partial charge is 0.371 e. The first-order chi connectivity index (χ1) is 7.24. The summed E-state index contributed by atoms with van der Waals surface area (Å²) in [7, 11) is 0. The van der Waals surface area contributed by atoms with Crippen LogP contribution in [0.5, 0.6) is 0 Å². The molecule has 1 saturated heterocycles. The van der Waals surface area contributed by atoms with E-state index in [0.29, 0.717) is 6.10 Å². The first-order valence-corrected chi connectivity index (χ1v) is 5.87. The Bertz CT molecular complexity index is 254. The van der Waals surface area contributed by atoms with Gasteiger partial charge in [-0.3, -0.25) is 0 Å². The average molecular weight is 208 g/mol. The highest BCUT2D eigenvalue weighted by atomic mass is 16.6. The average Bonchev–Trinajstić information content (AvgIpc) is 3.04. The fourth-order valence-corrected chi connectivity index (χ4v) is 2.19. The van der Waals surface area contributed by atoms with Crippen LogP contribution in [0.1, 0.15) is 32.6 Å². The van der Waals surface area contributed by atoms with Gasteiger partial charge in [-0.2, -0.15) is 0 Å². The van der Waals surface area contributed by atoms with Crippen LogP contribution in [0, 0.1) is 5.92 Å². The Balaban J connectivity index is 1.92. The first-order valence-electron chi connectivity index (χ1n) is 5.87. The standard InChI is InChI=1S/C13H20O2/c1-3-6-13(15-10-12-9-14-12)7-4-11(2)5-8-13/h6,11-12H,1,4-5,7-10H2,2H3. The Morgan fingerprint density at radius 3 is 2.73 bits per heavy atom. The molecule has 2 aliphatic rings. The predicted octanol–water partition coefficient (Wildman–Crippen LogP) is 2.69. The second kappa shape index (κ2) is 4.52. The zero-order chi connectivity index (χ0) is 10.7. The molecule has 0 N–H and O–H groups in total. The summed E-state index contributed by atoms with van der Waals surface area (Å²) in [5, 5.41) is 0. The summed E-state index contributed by atoms with van der Waals surface area (Å²) in [4.78, 5) is 0. The minimum absolute atomic E-state index is 0.0970. The van der Waals surface area contributed by atoms with Crippen molar-refractivity contribution in [3.8, 4) is 0 Å². The molecule has 1 unspecified atom stereocenters. The van der Waals surface area contributed by atoms with Gasteiger partial charge in [0, 0.05) is 0 Å². The van der Waals surface area contributed by atoms with Gasteiger partial charge in [-0.05, 0) is 37.7 Å². The van der Waals surface area contributed by atoms with Crippen LogP contribution in [0.2, 0.25) is 0 Å². The van der Waals surface area contributed by atoms with Crippen molar-refractivity contribution in [1.29, 1.82) is 0 Å². The van der Waals surface area contributed by atoms with Gasteiger partial charge in [0.1, 0.15) is 6.10 Å². The molecule has 2 heteroatoms. The molecular formula is C13H20O2. The third-order valence-electron chi connectivity index (χ3n) is 3.44. The van der Waals surface area contributed by atoms with Crippen LogP contribution in [0.15, 0.2) is 18.4 Å². The van der Waals surface area contributed by atoms with Gasteiger partial charge in [0.05, 0.1) is 18.8 Å². The lowest BCUT2D eigenvalue weighted by molar-refractivity contribution is -0.0463. The van der Waals surface area contributed by atoms with E-state index in [4.69, 9.17) is 9.47 Å². The van der Waals surface area contributed by atoms with E-state index >= 15 is 0 Å². The topological polar surface area (TPSA) is 21.8 Å². The lowest BCUT2D eigenvalue weighted by Gasteiger charge is -2.36. The maximum atomic E-state index is 6.00. The predicted molar refractivity (Wildman–Crippen MR) is 59.8 cm³/mol. The van der Waals surface area contributed by atoms with Crippen molar-refractivity contribution in [2.24, 2.45) is 5.92 Å². The lowest BCUT2D eigenvalue weighted by Crippen LogP contribution is -2.35. The maximum absolute atomic E-state index is 6.00. The van der Waals surface area contributed by atoms with Gasteiger partial charge in [-0.1, -0.05) is 13.5 Å². The summed E-state index contributed by atoms with van der Waals surface area (Å²) in [5.74, 6) is 0.831. The molecule has 0 aromatic carbocycles. The smallest absolute Gasteiger partial charge is 0.104 e. The van der Waals surface area contributed by atoms with E-state index in [1.54, 1.807) is 0 Å². The molecule has 1 atom stereocenters. The first kappa shape index (κ1) is 10.9.